The molecule has 1 aliphatic rings. The van der Waals surface area contributed by atoms with E-state index in [0.29, 0.717) is 41.2 Å². The van der Waals surface area contributed by atoms with Gasteiger partial charge in [-0.2, -0.15) is 0 Å². The van der Waals surface area contributed by atoms with Crippen LogP contribution < -0.4 is 20.1 Å². The van der Waals surface area contributed by atoms with E-state index in [1.807, 2.05) is 25.1 Å². The number of hydrogen-bond acceptors (Lipinski definition) is 7. The zero-order valence-corrected chi connectivity index (χ0v) is 22.2. The molecular formula is C25H28BrN3O6S. The third-order valence-electron chi connectivity index (χ3n) is 5.19. The van der Waals surface area contributed by atoms with Crippen molar-refractivity contribution in [1.82, 2.24) is 15.5 Å². The van der Waals surface area contributed by atoms with Gasteiger partial charge in [0.05, 0.1) is 17.5 Å². The highest BCUT2D eigenvalue weighted by atomic mass is 79.9. The van der Waals surface area contributed by atoms with E-state index >= 15 is 0 Å². The fourth-order valence-corrected chi connectivity index (χ4v) is 4.23. The standard InChI is InChI=1S/C25H28BrN3O6S/c1-2-12-34-21-9-8-17(15-19(21)26)23(31)28-25(36)29-11-10-27-24(32)20(29)16-22(30)35-14-13-33-18-6-4-3-5-7-18/h3-9,15,20H,2,10-14,16H2,1H3,(H,27,32)(H,28,31,36). The minimum atomic E-state index is -0.898. The van der Waals surface area contributed by atoms with E-state index in [-0.39, 0.29) is 30.7 Å². The molecule has 1 aliphatic heterocycles. The lowest BCUT2D eigenvalue weighted by Crippen LogP contribution is -2.60. The zero-order chi connectivity index (χ0) is 25.9. The predicted octanol–water partition coefficient (Wildman–Crippen LogP) is 3.07. The molecule has 2 aromatic carbocycles. The Morgan fingerprint density at radius 1 is 1.14 bits per heavy atom. The van der Waals surface area contributed by atoms with Gasteiger partial charge in [0.1, 0.15) is 30.8 Å². The smallest absolute Gasteiger partial charge is 0.308 e. The van der Waals surface area contributed by atoms with Gasteiger partial charge in [-0.3, -0.25) is 19.7 Å². The Kier molecular flexibility index (Phi) is 10.5. The maximum atomic E-state index is 12.8. The van der Waals surface area contributed by atoms with Gasteiger partial charge in [-0.25, -0.2) is 0 Å². The number of carbonyl (C=O) groups is 3. The minimum Gasteiger partial charge on any atom is -0.492 e. The van der Waals surface area contributed by atoms with Gasteiger partial charge in [0.2, 0.25) is 5.91 Å². The molecule has 2 amide bonds. The summed E-state index contributed by atoms with van der Waals surface area (Å²) in [6.45, 7) is 3.46. The Labute approximate surface area is 223 Å². The van der Waals surface area contributed by atoms with Crippen molar-refractivity contribution < 1.29 is 28.6 Å². The van der Waals surface area contributed by atoms with Crippen molar-refractivity contribution in [3.63, 3.8) is 0 Å². The summed E-state index contributed by atoms with van der Waals surface area (Å²) < 4.78 is 17.0. The number of ether oxygens (including phenoxy) is 3. The molecule has 11 heteroatoms. The van der Waals surface area contributed by atoms with E-state index in [4.69, 9.17) is 26.4 Å². The summed E-state index contributed by atoms with van der Waals surface area (Å²) >= 11 is 8.83. The van der Waals surface area contributed by atoms with Crippen molar-refractivity contribution in [3.8, 4) is 11.5 Å². The maximum absolute atomic E-state index is 12.8. The van der Waals surface area contributed by atoms with E-state index in [2.05, 4.69) is 26.6 Å². The van der Waals surface area contributed by atoms with Gasteiger partial charge in [0.15, 0.2) is 5.11 Å². The van der Waals surface area contributed by atoms with Crippen LogP contribution in [0.5, 0.6) is 11.5 Å². The van der Waals surface area contributed by atoms with Crippen molar-refractivity contribution in [2.75, 3.05) is 32.9 Å². The highest BCUT2D eigenvalue weighted by Crippen LogP contribution is 2.26. The average molecular weight is 578 g/mol. The van der Waals surface area contributed by atoms with Crippen molar-refractivity contribution >= 4 is 51.0 Å². The zero-order valence-electron chi connectivity index (χ0n) is 19.8. The molecular weight excluding hydrogens is 550 g/mol. The lowest BCUT2D eigenvalue weighted by molar-refractivity contribution is -0.148. The van der Waals surface area contributed by atoms with E-state index < -0.39 is 17.9 Å². The number of rotatable bonds is 10. The van der Waals surface area contributed by atoms with Crippen LogP contribution in [0.4, 0.5) is 0 Å². The quantitative estimate of drug-likeness (QED) is 0.252. The van der Waals surface area contributed by atoms with Gasteiger partial charge >= 0.3 is 5.97 Å². The summed E-state index contributed by atoms with van der Waals surface area (Å²) in [5.41, 5.74) is 0.365. The molecule has 0 saturated carbocycles. The number of hydrogen-bond donors (Lipinski definition) is 2. The number of carbonyl (C=O) groups excluding carboxylic acids is 3. The third-order valence-corrected chi connectivity index (χ3v) is 6.14. The van der Waals surface area contributed by atoms with Crippen LogP contribution in [-0.2, 0) is 14.3 Å². The van der Waals surface area contributed by atoms with Crippen LogP contribution in [0.2, 0.25) is 0 Å². The van der Waals surface area contributed by atoms with Crippen molar-refractivity contribution in [2.45, 2.75) is 25.8 Å². The van der Waals surface area contributed by atoms with Gasteiger partial charge in [0, 0.05) is 18.7 Å². The van der Waals surface area contributed by atoms with Gasteiger partial charge in [-0.05, 0) is 64.9 Å². The number of nitrogens with one attached hydrogen (secondary N) is 2. The summed E-state index contributed by atoms with van der Waals surface area (Å²) in [5, 5.41) is 5.43. The van der Waals surface area contributed by atoms with Crippen LogP contribution in [0.15, 0.2) is 53.0 Å². The minimum absolute atomic E-state index is 0.0378. The van der Waals surface area contributed by atoms with Gasteiger partial charge in [0.25, 0.3) is 5.91 Å². The number of halogens is 1. The van der Waals surface area contributed by atoms with Crippen LogP contribution >= 0.6 is 28.1 Å². The van der Waals surface area contributed by atoms with E-state index in [1.54, 1.807) is 30.3 Å². The van der Waals surface area contributed by atoms with Crippen LogP contribution in [0, 0.1) is 0 Å². The van der Waals surface area contributed by atoms with Crippen LogP contribution in [-0.4, -0.2) is 66.7 Å². The number of piperazine rings is 1. The number of amides is 2. The third kappa shape index (κ3) is 7.92. The van der Waals surface area contributed by atoms with Crippen LogP contribution in [0.3, 0.4) is 0 Å². The number of benzene rings is 2. The Bertz CT molecular complexity index is 1080. The predicted molar refractivity (Wildman–Crippen MR) is 141 cm³/mol. The van der Waals surface area contributed by atoms with Crippen molar-refractivity contribution in [3.05, 3.63) is 58.6 Å². The Morgan fingerprint density at radius 3 is 2.64 bits per heavy atom. The van der Waals surface area contributed by atoms with Crippen molar-refractivity contribution in [2.24, 2.45) is 0 Å². The van der Waals surface area contributed by atoms with Gasteiger partial charge in [-0.15, -0.1) is 0 Å². The first-order valence-corrected chi connectivity index (χ1v) is 12.7. The van der Waals surface area contributed by atoms with Gasteiger partial charge < -0.3 is 24.4 Å². The number of thiocarbonyl (C=S) groups is 1. The topological polar surface area (TPSA) is 106 Å². The molecule has 1 heterocycles. The lowest BCUT2D eigenvalue weighted by Gasteiger charge is -2.36. The molecule has 1 fully saturated rings. The highest BCUT2D eigenvalue weighted by molar-refractivity contribution is 9.10. The Morgan fingerprint density at radius 2 is 1.92 bits per heavy atom. The summed E-state index contributed by atoms with van der Waals surface area (Å²) in [6.07, 6.45) is 0.644. The summed E-state index contributed by atoms with van der Waals surface area (Å²) in [6, 6.07) is 13.2. The molecule has 192 valence electrons. The fourth-order valence-electron chi connectivity index (χ4n) is 3.42. The molecule has 1 atom stereocenters. The first-order chi connectivity index (χ1) is 17.4. The molecule has 36 heavy (non-hydrogen) atoms. The van der Waals surface area contributed by atoms with E-state index in [1.165, 1.54) is 4.90 Å². The number of esters is 1. The first-order valence-electron chi connectivity index (χ1n) is 11.5. The van der Waals surface area contributed by atoms with Gasteiger partial charge in [-0.1, -0.05) is 25.1 Å². The first kappa shape index (κ1) is 27.4. The second kappa shape index (κ2) is 13.8. The molecule has 2 N–H and O–H groups in total. The molecule has 0 bridgehead atoms. The summed E-state index contributed by atoms with van der Waals surface area (Å²) in [4.78, 5) is 39.2. The maximum Gasteiger partial charge on any atom is 0.308 e. The highest BCUT2D eigenvalue weighted by Gasteiger charge is 2.34. The average Bonchev–Trinajstić information content (AvgIpc) is 2.87. The molecule has 1 unspecified atom stereocenters. The molecule has 0 spiro atoms. The Balaban J connectivity index is 1.53. The second-order valence-corrected chi connectivity index (χ2v) is 9.08. The SMILES string of the molecule is CCCOc1ccc(C(=O)NC(=S)N2CCNC(=O)C2CC(=O)OCCOc2ccccc2)cc1Br. The molecule has 0 radical (unpaired) electrons. The van der Waals surface area contributed by atoms with Crippen LogP contribution in [0.1, 0.15) is 30.1 Å². The molecule has 0 aromatic heterocycles. The largest absolute Gasteiger partial charge is 0.492 e. The summed E-state index contributed by atoms with van der Waals surface area (Å²) in [7, 11) is 0. The molecule has 2 aromatic rings. The number of nitrogens with zero attached hydrogens (tertiary/aromatic N) is 1. The monoisotopic (exact) mass is 577 g/mol. The normalized spacial score (nSPS) is 15.0. The fraction of sp³-hybridized carbons (Fsp3) is 0.360. The van der Waals surface area contributed by atoms with E-state index in [9.17, 15) is 14.4 Å². The second-order valence-electron chi connectivity index (χ2n) is 7.84. The lowest BCUT2D eigenvalue weighted by atomic mass is 10.1. The molecule has 9 nitrogen and oxygen atoms in total. The molecule has 0 aliphatic carbocycles. The van der Waals surface area contributed by atoms with Crippen LogP contribution in [0.25, 0.3) is 0 Å². The summed E-state index contributed by atoms with van der Waals surface area (Å²) in [5.74, 6) is -0.0675. The van der Waals surface area contributed by atoms with E-state index in [0.717, 1.165) is 6.42 Å². The Hall–Kier alpha value is -3.18. The molecule has 1 saturated heterocycles. The molecule has 3 rings (SSSR count). The number of para-hydroxylation sites is 1. The van der Waals surface area contributed by atoms with Crippen molar-refractivity contribution in [1.29, 1.82) is 0 Å².